The predicted molar refractivity (Wildman–Crippen MR) is 358 cm³/mol. The molecule has 12 rings (SSSR count). The van der Waals surface area contributed by atoms with E-state index in [2.05, 4.69) is 288 Å². The average molecular weight is 1160 g/mol. The van der Waals surface area contributed by atoms with Crippen LogP contribution in [0.5, 0.6) is 0 Å². The van der Waals surface area contributed by atoms with E-state index >= 15 is 0 Å². The summed E-state index contributed by atoms with van der Waals surface area (Å²) in [6, 6.07) is 110. The Morgan fingerprint density at radius 1 is 0.230 bits per heavy atom. The van der Waals surface area contributed by atoms with E-state index in [4.69, 9.17) is 17.5 Å². The van der Waals surface area contributed by atoms with E-state index in [0.29, 0.717) is 0 Å². The summed E-state index contributed by atoms with van der Waals surface area (Å²) in [4.78, 5) is 0. The Bertz CT molecular complexity index is 3730. The van der Waals surface area contributed by atoms with Crippen molar-refractivity contribution in [2.75, 3.05) is 31.9 Å². The molecule has 10 nitrogen and oxygen atoms in total. The summed E-state index contributed by atoms with van der Waals surface area (Å²) in [6.07, 6.45) is 0. The Labute approximate surface area is 510 Å². The zero-order valence-electron chi connectivity index (χ0n) is 48.1. The van der Waals surface area contributed by atoms with Gasteiger partial charge < -0.3 is 41.0 Å². The summed E-state index contributed by atoms with van der Waals surface area (Å²) in [5.74, 6) is 2.37. The van der Waals surface area contributed by atoms with Crippen molar-refractivity contribution in [2.45, 2.75) is 13.8 Å². The molecule has 0 saturated carbocycles. The molecule has 12 aromatic carbocycles. The highest BCUT2D eigenvalue weighted by atomic mass is 32.3. The number of benzene rings is 12. The number of hydrogen-bond acceptors (Lipinski definition) is 10. The highest BCUT2D eigenvalue weighted by molar-refractivity contribution is 7.79. The highest BCUT2D eigenvalue weighted by Gasteiger charge is 2.25. The van der Waals surface area contributed by atoms with Crippen LogP contribution in [0.2, 0.25) is 0 Å². The second kappa shape index (κ2) is 29.0. The number of anilines is 12. The van der Waals surface area contributed by atoms with E-state index in [0.717, 1.165) is 102 Å². The lowest BCUT2D eigenvalue weighted by atomic mass is 9.85. The molecule has 0 aromatic heterocycles. The topological polar surface area (TPSA) is 152 Å². The van der Waals surface area contributed by atoms with Crippen LogP contribution in [0.15, 0.2) is 315 Å². The van der Waals surface area contributed by atoms with Gasteiger partial charge in [0.2, 0.25) is 0 Å². The van der Waals surface area contributed by atoms with Crippen LogP contribution in [-0.2, 0) is 10.4 Å². The molecule has 0 bridgehead atoms. The number of para-hydroxylation sites is 4. The summed E-state index contributed by atoms with van der Waals surface area (Å²) in [5, 5.41) is 21.0. The van der Waals surface area contributed by atoms with Gasteiger partial charge in [0.25, 0.3) is 0 Å². The molecule has 0 heterocycles. The minimum absolute atomic E-state index is 1.06. The monoisotopic (exact) mass is 1160 g/mol. The lowest BCUT2D eigenvalue weighted by Crippen LogP contribution is -2.05. The van der Waals surface area contributed by atoms with Crippen molar-refractivity contribution >= 4 is 78.6 Å². The number of rotatable bonds is 18. The van der Waals surface area contributed by atoms with Gasteiger partial charge in [-0.05, 0) is 243 Å². The van der Waals surface area contributed by atoms with E-state index in [-0.39, 0.29) is 0 Å². The summed E-state index contributed by atoms with van der Waals surface area (Å²) < 4.78 is 34.1. The third kappa shape index (κ3) is 18.0. The van der Waals surface area contributed by atoms with Gasteiger partial charge in [0, 0.05) is 78.6 Å². The molecular formula is C76H64N6O4S. The van der Waals surface area contributed by atoms with Crippen LogP contribution in [-0.4, -0.2) is 17.5 Å². The van der Waals surface area contributed by atoms with Gasteiger partial charge in [-0.25, -0.2) is 0 Å². The van der Waals surface area contributed by atoms with Gasteiger partial charge in [-0.3, -0.25) is 8.42 Å². The van der Waals surface area contributed by atoms with Crippen LogP contribution >= 0.6 is 0 Å². The molecule has 0 atom stereocenters. The van der Waals surface area contributed by atoms with Gasteiger partial charge in [-0.2, -0.15) is 0 Å². The fourth-order valence-electron chi connectivity index (χ4n) is 9.85. The maximum absolute atomic E-state index is 8.52. The van der Waals surface area contributed by atoms with Crippen molar-refractivity contribution in [2.24, 2.45) is 0 Å². The Hall–Kier alpha value is -11.0. The minimum atomic E-state index is -5.17. The highest BCUT2D eigenvalue weighted by Crippen LogP contribution is 2.36. The van der Waals surface area contributed by atoms with E-state index in [1.54, 1.807) is 0 Å². The molecule has 0 amide bonds. The maximum atomic E-state index is 8.52. The summed E-state index contributed by atoms with van der Waals surface area (Å²) in [6.45, 7) is 4.22. The van der Waals surface area contributed by atoms with Gasteiger partial charge >= 0.3 is 0 Å². The molecule has 12 aromatic rings. The SMILES string of the molecule is Cc1cccc(Nc2ccc([C+](c3ccc(Nc4ccccc4)cc3)c3ccc(Nc4ccccc4)cc3)cc2)c1.Cc1cccc(Nc2ccc([C+](c3ccc(Nc4ccccc4)cc3)c3ccc(Nc4ccccc4)cc3)cc2)c1.O=S(=O)([O-])[O-]. The molecule has 0 unspecified atom stereocenters. The quantitative estimate of drug-likeness (QED) is 0.0212. The maximum Gasteiger partial charge on any atom is 0.0632 e. The predicted octanol–water partition coefficient (Wildman–Crippen LogP) is 19.2. The Balaban J connectivity index is 0.000000179. The summed E-state index contributed by atoms with van der Waals surface area (Å²) in [5.41, 5.74) is 22.2. The molecule has 428 valence electrons. The average Bonchev–Trinajstić information content (AvgIpc) is 3.47. The number of hydrogen-bond donors (Lipinski definition) is 6. The molecule has 0 aliphatic carbocycles. The first-order valence-electron chi connectivity index (χ1n) is 28.4. The first-order valence-corrected chi connectivity index (χ1v) is 29.7. The van der Waals surface area contributed by atoms with Crippen molar-refractivity contribution in [3.63, 3.8) is 0 Å². The van der Waals surface area contributed by atoms with Crippen LogP contribution in [0.25, 0.3) is 0 Å². The summed E-state index contributed by atoms with van der Waals surface area (Å²) >= 11 is 0. The molecule has 0 aliphatic rings. The van der Waals surface area contributed by atoms with E-state index in [1.165, 1.54) is 23.0 Å². The van der Waals surface area contributed by atoms with Crippen molar-refractivity contribution < 1.29 is 17.5 Å². The van der Waals surface area contributed by atoms with Gasteiger partial charge in [-0.15, -0.1) is 0 Å². The van der Waals surface area contributed by atoms with E-state index in [9.17, 15) is 0 Å². The Kier molecular flexibility index (Phi) is 19.8. The van der Waals surface area contributed by atoms with Crippen LogP contribution in [0.4, 0.5) is 68.2 Å². The second-order valence-corrected chi connectivity index (χ2v) is 21.4. The van der Waals surface area contributed by atoms with Crippen LogP contribution < -0.4 is 31.9 Å². The molecule has 0 fully saturated rings. The van der Waals surface area contributed by atoms with Gasteiger partial charge in [0.05, 0.1) is 45.2 Å². The lowest BCUT2D eigenvalue weighted by molar-refractivity contribution is 0.352. The third-order valence-corrected chi connectivity index (χ3v) is 13.9. The van der Waals surface area contributed by atoms with Gasteiger partial charge in [0.15, 0.2) is 0 Å². The standard InChI is InChI=1S/2C38H32N3.H2O4S/c2*1-28-9-8-14-37(27-28)41-36-25-19-31(20-26-36)38(29-15-21-34(22-16-29)39-32-10-4-2-5-11-32)30-17-23-35(24-18-30)40-33-12-6-3-7-13-33;1-5(2,3)4/h2*2-27,39-41H,1H3;(H2,1,2,3,4)/q2*+1;/p-2. The van der Waals surface area contributed by atoms with E-state index in [1.807, 2.05) is 72.8 Å². The molecule has 0 aliphatic heterocycles. The lowest BCUT2D eigenvalue weighted by Gasteiger charge is -2.16. The normalized spacial score (nSPS) is 10.6. The van der Waals surface area contributed by atoms with Gasteiger partial charge in [0.1, 0.15) is 0 Å². The molecule has 11 heteroatoms. The number of nitrogens with one attached hydrogen (secondary N) is 6. The molecule has 0 radical (unpaired) electrons. The Morgan fingerprint density at radius 2 is 0.391 bits per heavy atom. The first kappa shape index (κ1) is 59.2. The van der Waals surface area contributed by atoms with Crippen molar-refractivity contribution in [1.82, 2.24) is 0 Å². The fraction of sp³-hybridized carbons (Fsp3) is 0.0263. The third-order valence-electron chi connectivity index (χ3n) is 13.9. The van der Waals surface area contributed by atoms with Crippen LogP contribution in [0, 0.1) is 25.7 Å². The smallest absolute Gasteiger partial charge is 0.0632 e. The van der Waals surface area contributed by atoms with Crippen LogP contribution in [0.1, 0.15) is 44.5 Å². The van der Waals surface area contributed by atoms with Crippen molar-refractivity contribution in [3.8, 4) is 0 Å². The minimum Gasteiger partial charge on any atom is -0.759 e. The second-order valence-electron chi connectivity index (χ2n) is 20.6. The molecule has 0 spiro atoms. The van der Waals surface area contributed by atoms with E-state index < -0.39 is 10.4 Å². The molecule has 0 saturated heterocycles. The van der Waals surface area contributed by atoms with Crippen molar-refractivity contribution in [3.05, 3.63) is 372 Å². The van der Waals surface area contributed by atoms with Gasteiger partial charge in [-0.1, -0.05) is 97.1 Å². The molecule has 87 heavy (non-hydrogen) atoms. The molecular weight excluding hydrogens is 1090 g/mol. The van der Waals surface area contributed by atoms with Crippen molar-refractivity contribution in [1.29, 1.82) is 0 Å². The Morgan fingerprint density at radius 3 is 0.575 bits per heavy atom. The zero-order chi connectivity index (χ0) is 60.2. The summed E-state index contributed by atoms with van der Waals surface area (Å²) in [7, 11) is -5.17. The zero-order valence-corrected chi connectivity index (χ0v) is 48.9. The fourth-order valence-corrected chi connectivity index (χ4v) is 9.85. The first-order chi connectivity index (χ1) is 42.4. The largest absolute Gasteiger partial charge is 0.759 e. The van der Waals surface area contributed by atoms with Crippen LogP contribution in [0.3, 0.4) is 0 Å². The molecule has 6 N–H and O–H groups in total. The number of aryl methyl sites for hydroxylation is 2.